The van der Waals surface area contributed by atoms with Crippen LogP contribution in [0.25, 0.3) is 0 Å². The van der Waals surface area contributed by atoms with E-state index in [0.29, 0.717) is 5.70 Å². The van der Waals surface area contributed by atoms with Crippen molar-refractivity contribution < 1.29 is 9.59 Å². The van der Waals surface area contributed by atoms with Crippen molar-refractivity contribution in [2.45, 2.75) is 25.4 Å². The Morgan fingerprint density at radius 1 is 1.45 bits per heavy atom. The van der Waals surface area contributed by atoms with Crippen LogP contribution in [-0.4, -0.2) is 22.9 Å². The zero-order chi connectivity index (χ0) is 14.7. The molecule has 20 heavy (non-hydrogen) atoms. The molecule has 2 rings (SSSR count). The number of carbonyl (C=O) groups excluding carboxylic acids is 2. The number of nitrogens with one attached hydrogen (secondary N) is 1. The predicted octanol–water partition coefficient (Wildman–Crippen LogP) is 0.817. The van der Waals surface area contributed by atoms with Gasteiger partial charge in [-0.2, -0.15) is 0 Å². The Morgan fingerprint density at radius 3 is 2.65 bits per heavy atom. The number of hydrogen-bond acceptors (Lipinski definition) is 4. The molecule has 6 nitrogen and oxygen atoms in total. The number of imide groups is 1. The lowest BCUT2D eigenvalue weighted by Crippen LogP contribution is -2.60. The van der Waals surface area contributed by atoms with Gasteiger partial charge in [0.25, 0.3) is 0 Å². The summed E-state index contributed by atoms with van der Waals surface area (Å²) in [4.78, 5) is 24.8. The third kappa shape index (κ3) is 2.59. The molecule has 1 aromatic carbocycles. The standard InChI is InChI=1S/C14H18N4O2/c1-9(10-5-3-2-4-6-10)17-14(20)18-12(7-13(18)19)11(16)8-15/h2-6,8-9,12H,7,15-16H2,1H3,(H,17,20)/b11-8-. The molecule has 1 fully saturated rings. The summed E-state index contributed by atoms with van der Waals surface area (Å²) in [5.41, 5.74) is 12.3. The van der Waals surface area contributed by atoms with Crippen LogP contribution in [0.5, 0.6) is 0 Å². The smallest absolute Gasteiger partial charge is 0.325 e. The summed E-state index contributed by atoms with van der Waals surface area (Å²) in [6.45, 7) is 1.86. The lowest BCUT2D eigenvalue weighted by Gasteiger charge is -2.39. The van der Waals surface area contributed by atoms with Crippen molar-refractivity contribution >= 4 is 11.9 Å². The molecular weight excluding hydrogens is 256 g/mol. The Balaban J connectivity index is 2.03. The van der Waals surface area contributed by atoms with Crippen LogP contribution in [-0.2, 0) is 4.79 Å². The van der Waals surface area contributed by atoms with Crippen LogP contribution in [0.2, 0.25) is 0 Å². The highest BCUT2D eigenvalue weighted by molar-refractivity contribution is 6.00. The maximum absolute atomic E-state index is 12.1. The van der Waals surface area contributed by atoms with Gasteiger partial charge in [-0.05, 0) is 12.5 Å². The Kier molecular flexibility index (Phi) is 3.93. The SMILES string of the molecule is CC(NC(=O)N1C(=O)CC1/C(N)=C/N)c1ccccc1. The number of amides is 3. The number of nitrogens with two attached hydrogens (primary N) is 2. The summed E-state index contributed by atoms with van der Waals surface area (Å²) in [6.07, 6.45) is 1.44. The molecule has 0 spiro atoms. The Morgan fingerprint density at radius 2 is 2.10 bits per heavy atom. The molecule has 3 amide bonds. The van der Waals surface area contributed by atoms with E-state index in [-0.39, 0.29) is 18.4 Å². The van der Waals surface area contributed by atoms with E-state index in [2.05, 4.69) is 5.32 Å². The molecule has 2 unspecified atom stereocenters. The maximum Gasteiger partial charge on any atom is 0.325 e. The van der Waals surface area contributed by atoms with Gasteiger partial charge in [0, 0.05) is 11.9 Å². The number of likely N-dealkylation sites (tertiary alicyclic amines) is 1. The molecule has 0 radical (unpaired) electrons. The molecule has 1 aliphatic heterocycles. The fourth-order valence-corrected chi connectivity index (χ4v) is 2.13. The Labute approximate surface area is 117 Å². The van der Waals surface area contributed by atoms with Crippen LogP contribution in [0.15, 0.2) is 42.2 Å². The van der Waals surface area contributed by atoms with E-state index >= 15 is 0 Å². The zero-order valence-corrected chi connectivity index (χ0v) is 11.2. The second kappa shape index (κ2) is 5.64. The quantitative estimate of drug-likeness (QED) is 0.710. The number of urea groups is 1. The number of β-lactam (4-membered cyclic amide) rings is 1. The minimum atomic E-state index is -0.451. The van der Waals surface area contributed by atoms with E-state index in [0.717, 1.165) is 10.5 Å². The minimum Gasteiger partial charge on any atom is -0.403 e. The second-order valence-corrected chi connectivity index (χ2v) is 4.73. The Hall–Kier alpha value is -2.50. The van der Waals surface area contributed by atoms with E-state index in [9.17, 15) is 9.59 Å². The van der Waals surface area contributed by atoms with Gasteiger partial charge in [0.15, 0.2) is 0 Å². The van der Waals surface area contributed by atoms with Gasteiger partial charge in [-0.25, -0.2) is 4.79 Å². The van der Waals surface area contributed by atoms with Crippen molar-refractivity contribution in [1.82, 2.24) is 10.2 Å². The first kappa shape index (κ1) is 13.9. The van der Waals surface area contributed by atoms with Gasteiger partial charge in [-0.3, -0.25) is 9.69 Å². The van der Waals surface area contributed by atoms with Gasteiger partial charge >= 0.3 is 6.03 Å². The van der Waals surface area contributed by atoms with Crippen molar-refractivity contribution in [1.29, 1.82) is 0 Å². The summed E-state index contributed by atoms with van der Waals surface area (Å²) >= 11 is 0. The van der Waals surface area contributed by atoms with Gasteiger partial charge in [-0.15, -0.1) is 0 Å². The molecule has 0 bridgehead atoms. The topological polar surface area (TPSA) is 101 Å². The first-order valence-corrected chi connectivity index (χ1v) is 6.39. The molecule has 0 aromatic heterocycles. The van der Waals surface area contributed by atoms with Crippen LogP contribution < -0.4 is 16.8 Å². The molecule has 6 heteroatoms. The van der Waals surface area contributed by atoms with E-state index < -0.39 is 12.1 Å². The molecule has 0 aliphatic carbocycles. The van der Waals surface area contributed by atoms with Gasteiger partial charge in [0.05, 0.1) is 18.5 Å². The van der Waals surface area contributed by atoms with Crippen LogP contribution in [0.4, 0.5) is 4.79 Å². The first-order valence-electron chi connectivity index (χ1n) is 6.39. The first-order chi connectivity index (χ1) is 9.54. The molecular formula is C14H18N4O2. The monoisotopic (exact) mass is 274 g/mol. The molecule has 2 atom stereocenters. The van der Waals surface area contributed by atoms with E-state index in [1.807, 2.05) is 37.3 Å². The third-order valence-corrected chi connectivity index (χ3v) is 3.38. The predicted molar refractivity (Wildman–Crippen MR) is 75.1 cm³/mol. The average molecular weight is 274 g/mol. The van der Waals surface area contributed by atoms with Crippen molar-refractivity contribution in [2.24, 2.45) is 11.5 Å². The van der Waals surface area contributed by atoms with Crippen molar-refractivity contribution in [3.05, 3.63) is 47.8 Å². The largest absolute Gasteiger partial charge is 0.403 e. The van der Waals surface area contributed by atoms with Crippen LogP contribution >= 0.6 is 0 Å². The molecule has 106 valence electrons. The number of rotatable bonds is 3. The average Bonchev–Trinajstić information content (AvgIpc) is 2.44. The molecule has 1 aliphatic rings. The van der Waals surface area contributed by atoms with Gasteiger partial charge in [-0.1, -0.05) is 30.3 Å². The molecule has 1 aromatic rings. The Bertz CT molecular complexity index is 541. The summed E-state index contributed by atoms with van der Waals surface area (Å²) in [5, 5.41) is 2.78. The van der Waals surface area contributed by atoms with E-state index in [1.54, 1.807) is 0 Å². The minimum absolute atomic E-state index is 0.194. The van der Waals surface area contributed by atoms with Crippen molar-refractivity contribution in [3.8, 4) is 0 Å². The third-order valence-electron chi connectivity index (χ3n) is 3.38. The summed E-state index contributed by atoms with van der Waals surface area (Å²) in [5.74, 6) is -0.252. The van der Waals surface area contributed by atoms with E-state index in [4.69, 9.17) is 11.5 Å². The molecule has 1 saturated heterocycles. The highest BCUT2D eigenvalue weighted by Gasteiger charge is 2.42. The second-order valence-electron chi connectivity index (χ2n) is 4.73. The highest BCUT2D eigenvalue weighted by atomic mass is 16.2. The maximum atomic E-state index is 12.1. The van der Waals surface area contributed by atoms with E-state index in [1.165, 1.54) is 6.20 Å². The molecule has 0 saturated carbocycles. The van der Waals surface area contributed by atoms with Gasteiger partial charge in [0.1, 0.15) is 0 Å². The zero-order valence-electron chi connectivity index (χ0n) is 11.2. The van der Waals surface area contributed by atoms with Gasteiger partial charge in [0.2, 0.25) is 5.91 Å². The van der Waals surface area contributed by atoms with Crippen molar-refractivity contribution in [3.63, 3.8) is 0 Å². The molecule has 5 N–H and O–H groups in total. The summed E-state index contributed by atoms with van der Waals surface area (Å²) in [6, 6.07) is 8.43. The normalized spacial score (nSPS) is 20.2. The highest BCUT2D eigenvalue weighted by Crippen LogP contribution is 2.24. The van der Waals surface area contributed by atoms with Crippen LogP contribution in [0.1, 0.15) is 24.9 Å². The lowest BCUT2D eigenvalue weighted by atomic mass is 9.99. The van der Waals surface area contributed by atoms with Crippen LogP contribution in [0, 0.1) is 0 Å². The lowest BCUT2D eigenvalue weighted by molar-refractivity contribution is -0.139. The number of nitrogens with zero attached hydrogens (tertiary/aromatic N) is 1. The number of benzene rings is 1. The summed E-state index contributed by atoms with van der Waals surface area (Å²) in [7, 11) is 0. The summed E-state index contributed by atoms with van der Waals surface area (Å²) < 4.78 is 0. The van der Waals surface area contributed by atoms with Crippen LogP contribution in [0.3, 0.4) is 0 Å². The fourth-order valence-electron chi connectivity index (χ4n) is 2.13. The molecule has 1 heterocycles. The number of hydrogen-bond donors (Lipinski definition) is 3. The van der Waals surface area contributed by atoms with Gasteiger partial charge < -0.3 is 16.8 Å². The fraction of sp³-hybridized carbons (Fsp3) is 0.286. The van der Waals surface area contributed by atoms with Crippen molar-refractivity contribution in [2.75, 3.05) is 0 Å². The number of carbonyl (C=O) groups is 2.